The lowest BCUT2D eigenvalue weighted by molar-refractivity contribution is -0.113. The number of hydrogen-bond donors (Lipinski definition) is 1. The van der Waals surface area contributed by atoms with Crippen molar-refractivity contribution < 1.29 is 4.79 Å². The molecule has 0 spiro atoms. The SMILES string of the molecule is O=C1CCCC/C1=N\Nc1cnccn1. The number of rotatable bonds is 2. The molecule has 0 radical (unpaired) electrons. The number of aromatic nitrogens is 2. The van der Waals surface area contributed by atoms with Crippen LogP contribution >= 0.6 is 0 Å². The Morgan fingerprint density at radius 2 is 2.13 bits per heavy atom. The molecule has 2 rings (SSSR count). The van der Waals surface area contributed by atoms with Crippen molar-refractivity contribution in [3.05, 3.63) is 18.6 Å². The Balaban J connectivity index is 2.01. The van der Waals surface area contributed by atoms with Crippen LogP contribution in [0, 0.1) is 0 Å². The summed E-state index contributed by atoms with van der Waals surface area (Å²) in [7, 11) is 0. The minimum atomic E-state index is 0.137. The highest BCUT2D eigenvalue weighted by Crippen LogP contribution is 2.12. The summed E-state index contributed by atoms with van der Waals surface area (Å²) in [6.07, 6.45) is 8.11. The van der Waals surface area contributed by atoms with E-state index in [-0.39, 0.29) is 5.78 Å². The molecular formula is C10H12N4O. The molecule has 15 heavy (non-hydrogen) atoms. The van der Waals surface area contributed by atoms with Gasteiger partial charge in [0.25, 0.3) is 0 Å². The van der Waals surface area contributed by atoms with Gasteiger partial charge < -0.3 is 0 Å². The predicted octanol–water partition coefficient (Wildman–Crippen LogP) is 1.39. The zero-order valence-electron chi connectivity index (χ0n) is 8.31. The molecule has 1 saturated carbocycles. The summed E-state index contributed by atoms with van der Waals surface area (Å²) in [4.78, 5) is 19.3. The molecule has 5 heteroatoms. The van der Waals surface area contributed by atoms with Gasteiger partial charge in [-0.2, -0.15) is 5.10 Å². The van der Waals surface area contributed by atoms with Crippen LogP contribution in [0.25, 0.3) is 0 Å². The molecule has 78 valence electrons. The molecule has 1 aromatic heterocycles. The van der Waals surface area contributed by atoms with Gasteiger partial charge in [-0.25, -0.2) is 4.98 Å². The third-order valence-electron chi connectivity index (χ3n) is 2.26. The van der Waals surface area contributed by atoms with Gasteiger partial charge in [0.1, 0.15) is 5.71 Å². The van der Waals surface area contributed by atoms with Crippen molar-refractivity contribution in [3.63, 3.8) is 0 Å². The van der Waals surface area contributed by atoms with E-state index >= 15 is 0 Å². The molecule has 0 aromatic carbocycles. The van der Waals surface area contributed by atoms with Crippen LogP contribution in [0.4, 0.5) is 5.82 Å². The molecule has 0 aliphatic heterocycles. The third kappa shape index (κ3) is 2.59. The second-order valence-electron chi connectivity index (χ2n) is 3.39. The fourth-order valence-electron chi connectivity index (χ4n) is 1.46. The zero-order valence-corrected chi connectivity index (χ0v) is 8.31. The van der Waals surface area contributed by atoms with E-state index in [1.807, 2.05) is 0 Å². The summed E-state index contributed by atoms with van der Waals surface area (Å²) in [5.41, 5.74) is 3.36. The van der Waals surface area contributed by atoms with Crippen molar-refractivity contribution in [1.82, 2.24) is 9.97 Å². The van der Waals surface area contributed by atoms with Gasteiger partial charge in [0.2, 0.25) is 0 Å². The second kappa shape index (κ2) is 4.63. The first-order valence-corrected chi connectivity index (χ1v) is 4.98. The molecular weight excluding hydrogens is 192 g/mol. The van der Waals surface area contributed by atoms with Gasteiger partial charge >= 0.3 is 0 Å². The first kappa shape index (κ1) is 9.76. The number of hydrogen-bond acceptors (Lipinski definition) is 5. The lowest BCUT2D eigenvalue weighted by atomic mass is 9.97. The van der Waals surface area contributed by atoms with Crippen molar-refractivity contribution in [3.8, 4) is 0 Å². The van der Waals surface area contributed by atoms with Crippen LogP contribution in [-0.4, -0.2) is 21.5 Å². The van der Waals surface area contributed by atoms with E-state index in [0.717, 1.165) is 19.3 Å². The molecule has 0 amide bonds. The summed E-state index contributed by atoms with van der Waals surface area (Å²) >= 11 is 0. The Bertz CT molecular complexity index is 374. The lowest BCUT2D eigenvalue weighted by Crippen LogP contribution is -2.19. The van der Waals surface area contributed by atoms with Crippen molar-refractivity contribution in [2.45, 2.75) is 25.7 Å². The smallest absolute Gasteiger partial charge is 0.178 e. The van der Waals surface area contributed by atoms with Gasteiger partial charge in [-0.15, -0.1) is 0 Å². The Labute approximate surface area is 87.6 Å². The van der Waals surface area contributed by atoms with Gasteiger partial charge in [-0.3, -0.25) is 15.2 Å². The molecule has 0 atom stereocenters. The summed E-state index contributed by atoms with van der Waals surface area (Å²) in [5.74, 6) is 0.695. The average Bonchev–Trinajstić information content (AvgIpc) is 2.29. The molecule has 1 N–H and O–H groups in total. The Morgan fingerprint density at radius 3 is 2.87 bits per heavy atom. The lowest BCUT2D eigenvalue weighted by Gasteiger charge is -2.10. The highest BCUT2D eigenvalue weighted by atomic mass is 16.1. The molecule has 0 bridgehead atoms. The second-order valence-corrected chi connectivity index (χ2v) is 3.39. The van der Waals surface area contributed by atoms with Crippen molar-refractivity contribution in [1.29, 1.82) is 0 Å². The van der Waals surface area contributed by atoms with Gasteiger partial charge in [0.05, 0.1) is 6.20 Å². The predicted molar refractivity (Wildman–Crippen MR) is 56.6 cm³/mol. The van der Waals surface area contributed by atoms with Gasteiger partial charge in [-0.1, -0.05) is 0 Å². The zero-order chi connectivity index (χ0) is 10.5. The number of nitrogens with zero attached hydrogens (tertiary/aromatic N) is 3. The molecule has 1 aromatic rings. The number of ketones is 1. The molecule has 0 saturated heterocycles. The van der Waals surface area contributed by atoms with E-state index in [9.17, 15) is 4.79 Å². The van der Waals surface area contributed by atoms with Crippen LogP contribution in [0.5, 0.6) is 0 Å². The summed E-state index contributed by atoms with van der Waals surface area (Å²) < 4.78 is 0. The quantitative estimate of drug-likeness (QED) is 0.739. The topological polar surface area (TPSA) is 67.2 Å². The largest absolute Gasteiger partial charge is 0.293 e. The van der Waals surface area contributed by atoms with Crippen molar-refractivity contribution in [2.75, 3.05) is 5.43 Å². The minimum absolute atomic E-state index is 0.137. The van der Waals surface area contributed by atoms with Crippen molar-refractivity contribution >= 4 is 17.3 Å². The first-order valence-electron chi connectivity index (χ1n) is 4.98. The maximum atomic E-state index is 11.4. The molecule has 1 aliphatic carbocycles. The van der Waals surface area contributed by atoms with Crippen LogP contribution in [0.1, 0.15) is 25.7 Å². The average molecular weight is 204 g/mol. The highest BCUT2D eigenvalue weighted by molar-refractivity contribution is 6.40. The van der Waals surface area contributed by atoms with Crippen LogP contribution in [0.2, 0.25) is 0 Å². The summed E-state index contributed by atoms with van der Waals surface area (Å²) in [5, 5.41) is 4.05. The number of carbonyl (C=O) groups is 1. The normalized spacial score (nSPS) is 19.2. The first-order chi connectivity index (χ1) is 7.36. The standard InChI is InChI=1S/C10H12N4O/c15-9-4-2-1-3-8(9)13-14-10-7-11-5-6-12-10/h5-7H,1-4H2,(H,12,14)/b13-8+. The molecule has 0 unspecified atom stereocenters. The monoisotopic (exact) mass is 204 g/mol. The van der Waals surface area contributed by atoms with E-state index in [1.165, 1.54) is 0 Å². The van der Waals surface area contributed by atoms with E-state index < -0.39 is 0 Å². The fourth-order valence-corrected chi connectivity index (χ4v) is 1.46. The number of anilines is 1. The van der Waals surface area contributed by atoms with E-state index in [4.69, 9.17) is 0 Å². The van der Waals surface area contributed by atoms with Crippen LogP contribution < -0.4 is 5.43 Å². The maximum Gasteiger partial charge on any atom is 0.178 e. The Hall–Kier alpha value is -1.78. The minimum Gasteiger partial charge on any atom is -0.293 e. The number of hydrazone groups is 1. The Morgan fingerprint density at radius 1 is 1.27 bits per heavy atom. The molecule has 5 nitrogen and oxygen atoms in total. The van der Waals surface area contributed by atoms with Crippen LogP contribution in [-0.2, 0) is 4.79 Å². The molecule has 1 heterocycles. The summed E-state index contributed by atoms with van der Waals surface area (Å²) in [6.45, 7) is 0. The van der Waals surface area contributed by atoms with Gasteiger partial charge in [0.15, 0.2) is 11.6 Å². The van der Waals surface area contributed by atoms with Crippen LogP contribution in [0.15, 0.2) is 23.7 Å². The van der Waals surface area contributed by atoms with E-state index in [2.05, 4.69) is 20.5 Å². The van der Waals surface area contributed by atoms with Crippen molar-refractivity contribution in [2.24, 2.45) is 5.10 Å². The summed E-state index contributed by atoms with van der Waals surface area (Å²) in [6, 6.07) is 0. The fraction of sp³-hybridized carbons (Fsp3) is 0.400. The number of nitrogens with one attached hydrogen (secondary N) is 1. The molecule has 1 aliphatic rings. The van der Waals surface area contributed by atoms with Crippen LogP contribution in [0.3, 0.4) is 0 Å². The molecule has 1 fully saturated rings. The number of Topliss-reactive ketones (excluding diaryl/α,β-unsaturated/α-hetero) is 1. The third-order valence-corrected chi connectivity index (χ3v) is 2.26. The number of carbonyl (C=O) groups excluding carboxylic acids is 1. The van der Waals surface area contributed by atoms with E-state index in [1.54, 1.807) is 18.6 Å². The highest BCUT2D eigenvalue weighted by Gasteiger charge is 2.16. The van der Waals surface area contributed by atoms with Gasteiger partial charge in [-0.05, 0) is 19.3 Å². The Kier molecular flexibility index (Phi) is 3.02. The van der Waals surface area contributed by atoms with Gasteiger partial charge in [0, 0.05) is 18.8 Å². The maximum absolute atomic E-state index is 11.4. The van der Waals surface area contributed by atoms with E-state index in [0.29, 0.717) is 18.0 Å².